The van der Waals surface area contributed by atoms with Crippen molar-refractivity contribution in [2.24, 2.45) is 0 Å². The first-order chi connectivity index (χ1) is 14.9. The Morgan fingerprint density at radius 2 is 1.84 bits per heavy atom. The third-order valence-corrected chi connectivity index (χ3v) is 6.85. The number of aryl methyl sites for hydroxylation is 2. The summed E-state index contributed by atoms with van der Waals surface area (Å²) >= 11 is 1.33. The van der Waals surface area contributed by atoms with Gasteiger partial charge >= 0.3 is 5.69 Å². The van der Waals surface area contributed by atoms with Crippen molar-refractivity contribution < 1.29 is 4.79 Å². The van der Waals surface area contributed by atoms with Crippen LogP contribution in [0.2, 0.25) is 0 Å². The third-order valence-electron chi connectivity index (χ3n) is 5.95. The number of hydrogen-bond donors (Lipinski definition) is 1. The van der Waals surface area contributed by atoms with E-state index in [1.807, 2.05) is 4.90 Å². The average molecular weight is 441 g/mol. The van der Waals surface area contributed by atoms with Crippen LogP contribution in [0.3, 0.4) is 0 Å². The molecule has 3 aromatic rings. The number of thiophene rings is 1. The van der Waals surface area contributed by atoms with Crippen LogP contribution in [0.15, 0.2) is 39.2 Å². The largest absolute Gasteiger partial charge is 0.368 e. The number of H-pyrrole nitrogens is 1. The number of anilines is 1. The Bertz CT molecular complexity index is 1200. The van der Waals surface area contributed by atoms with Crippen LogP contribution >= 0.6 is 11.3 Å². The number of nitrogens with one attached hydrogen (secondary N) is 1. The fourth-order valence-electron chi connectivity index (χ4n) is 4.14. The molecule has 0 atom stereocenters. The van der Waals surface area contributed by atoms with E-state index in [0.717, 1.165) is 26.2 Å². The van der Waals surface area contributed by atoms with Crippen LogP contribution in [0, 0.1) is 13.8 Å². The van der Waals surface area contributed by atoms with Crippen LogP contribution in [0.25, 0.3) is 10.2 Å². The second kappa shape index (κ2) is 9.09. The molecule has 0 bridgehead atoms. The van der Waals surface area contributed by atoms with E-state index in [1.54, 1.807) is 11.4 Å². The number of benzene rings is 1. The zero-order valence-electron chi connectivity index (χ0n) is 18.0. The van der Waals surface area contributed by atoms with Gasteiger partial charge in [-0.05, 0) is 55.3 Å². The normalized spacial score (nSPS) is 14.4. The molecule has 0 radical (unpaired) electrons. The number of amides is 1. The highest BCUT2D eigenvalue weighted by atomic mass is 32.1. The Hall–Kier alpha value is -2.87. The lowest BCUT2D eigenvalue weighted by molar-refractivity contribution is -0.131. The van der Waals surface area contributed by atoms with Gasteiger partial charge in [0.15, 0.2) is 0 Å². The molecule has 8 heteroatoms. The highest BCUT2D eigenvalue weighted by Gasteiger charge is 2.22. The van der Waals surface area contributed by atoms with Gasteiger partial charge in [-0.3, -0.25) is 14.2 Å². The van der Waals surface area contributed by atoms with Crippen LogP contribution in [0.4, 0.5) is 5.69 Å². The number of carbonyl (C=O) groups excluding carboxylic acids is 1. The monoisotopic (exact) mass is 440 g/mol. The van der Waals surface area contributed by atoms with Crippen molar-refractivity contribution in [3.63, 3.8) is 0 Å². The molecular formula is C23H28N4O3S. The van der Waals surface area contributed by atoms with Crippen molar-refractivity contribution in [2.75, 3.05) is 31.1 Å². The number of piperazine rings is 1. The summed E-state index contributed by atoms with van der Waals surface area (Å²) in [6, 6.07) is 8.23. The van der Waals surface area contributed by atoms with Crippen molar-refractivity contribution in [3.8, 4) is 0 Å². The van der Waals surface area contributed by atoms with Crippen LogP contribution in [-0.2, 0) is 11.3 Å². The number of rotatable bonds is 6. The van der Waals surface area contributed by atoms with E-state index in [4.69, 9.17) is 0 Å². The first-order valence-electron chi connectivity index (χ1n) is 10.7. The first kappa shape index (κ1) is 21.4. The van der Waals surface area contributed by atoms with Crippen molar-refractivity contribution in [1.29, 1.82) is 0 Å². The second-order valence-corrected chi connectivity index (χ2v) is 9.08. The van der Waals surface area contributed by atoms with Gasteiger partial charge in [-0.15, -0.1) is 11.3 Å². The number of hydrogen-bond acceptors (Lipinski definition) is 5. The highest BCUT2D eigenvalue weighted by molar-refractivity contribution is 7.17. The molecule has 3 heterocycles. The summed E-state index contributed by atoms with van der Waals surface area (Å²) < 4.78 is 1.81. The molecule has 1 aliphatic rings. The quantitative estimate of drug-likeness (QED) is 0.598. The number of aromatic amines is 1. The molecule has 164 valence electrons. The minimum absolute atomic E-state index is 0.149. The van der Waals surface area contributed by atoms with Gasteiger partial charge in [0.2, 0.25) is 5.91 Å². The molecule has 4 rings (SSSR count). The minimum atomic E-state index is -0.384. The van der Waals surface area contributed by atoms with Crippen molar-refractivity contribution in [3.05, 3.63) is 61.6 Å². The maximum Gasteiger partial charge on any atom is 0.328 e. The first-order valence-corrected chi connectivity index (χ1v) is 11.6. The summed E-state index contributed by atoms with van der Waals surface area (Å²) in [5.41, 5.74) is 3.72. The SMILES string of the molecule is Cc1ccc(C)c(N2CCN(C(=O)CCCCn3c(=O)[nH]c4ccsc4c3=O)CC2)c1. The van der Waals surface area contributed by atoms with E-state index in [1.165, 1.54) is 32.7 Å². The molecular weight excluding hydrogens is 412 g/mol. The predicted octanol–water partition coefficient (Wildman–Crippen LogP) is 2.89. The minimum Gasteiger partial charge on any atom is -0.368 e. The maximum absolute atomic E-state index is 12.6. The molecule has 1 N–H and O–H groups in total. The number of aromatic nitrogens is 2. The van der Waals surface area contributed by atoms with E-state index >= 15 is 0 Å². The number of fused-ring (bicyclic) bond motifs is 1. The molecule has 1 saturated heterocycles. The maximum atomic E-state index is 12.6. The lowest BCUT2D eigenvalue weighted by atomic mass is 10.1. The average Bonchev–Trinajstić information content (AvgIpc) is 3.23. The van der Waals surface area contributed by atoms with Crippen molar-refractivity contribution >= 4 is 33.1 Å². The molecule has 1 amide bonds. The molecule has 0 aliphatic carbocycles. The van der Waals surface area contributed by atoms with Gasteiger partial charge in [0.05, 0.1) is 5.52 Å². The lowest BCUT2D eigenvalue weighted by Crippen LogP contribution is -2.49. The molecule has 0 spiro atoms. The Morgan fingerprint density at radius 3 is 2.61 bits per heavy atom. The topological polar surface area (TPSA) is 78.4 Å². The third kappa shape index (κ3) is 4.58. The van der Waals surface area contributed by atoms with Gasteiger partial charge in [-0.25, -0.2) is 4.79 Å². The van der Waals surface area contributed by atoms with Gasteiger partial charge in [0.25, 0.3) is 5.56 Å². The lowest BCUT2D eigenvalue weighted by Gasteiger charge is -2.37. The Balaban J connectivity index is 1.26. The van der Waals surface area contributed by atoms with E-state index in [-0.39, 0.29) is 17.2 Å². The number of unbranched alkanes of at least 4 members (excludes halogenated alkanes) is 1. The van der Waals surface area contributed by atoms with Crippen LogP contribution in [-0.4, -0.2) is 46.5 Å². The summed E-state index contributed by atoms with van der Waals surface area (Å²) in [5, 5.41) is 1.80. The fourth-order valence-corrected chi connectivity index (χ4v) is 4.93. The Labute approximate surface area is 184 Å². The van der Waals surface area contributed by atoms with Crippen molar-refractivity contribution in [1.82, 2.24) is 14.5 Å². The molecule has 7 nitrogen and oxygen atoms in total. The van der Waals surface area contributed by atoms with Gasteiger partial charge in [0, 0.05) is 44.8 Å². The van der Waals surface area contributed by atoms with Gasteiger partial charge in [-0.1, -0.05) is 12.1 Å². The summed E-state index contributed by atoms with van der Waals surface area (Å²) in [5.74, 6) is 0.149. The fraction of sp³-hybridized carbons (Fsp3) is 0.435. The summed E-state index contributed by atoms with van der Waals surface area (Å²) in [4.78, 5) is 44.2. The van der Waals surface area contributed by atoms with E-state index in [2.05, 4.69) is 41.9 Å². The predicted molar refractivity (Wildman–Crippen MR) is 125 cm³/mol. The molecule has 1 fully saturated rings. The molecule has 0 saturated carbocycles. The van der Waals surface area contributed by atoms with Gasteiger partial charge < -0.3 is 14.8 Å². The Kier molecular flexibility index (Phi) is 6.27. The second-order valence-electron chi connectivity index (χ2n) is 8.17. The standard InChI is InChI=1S/C23H28N4O3S/c1-16-6-7-17(2)19(15-16)25-10-12-26(13-11-25)20(28)5-3-4-9-27-22(29)21-18(8-14-31-21)24-23(27)30/h6-8,14-15H,3-5,9-13H2,1-2H3,(H,24,30). The smallest absolute Gasteiger partial charge is 0.328 e. The molecule has 0 unspecified atom stereocenters. The van der Waals surface area contributed by atoms with E-state index < -0.39 is 0 Å². The molecule has 1 aliphatic heterocycles. The van der Waals surface area contributed by atoms with Gasteiger partial charge in [0.1, 0.15) is 4.70 Å². The molecule has 2 aromatic heterocycles. The molecule has 31 heavy (non-hydrogen) atoms. The molecule has 1 aromatic carbocycles. The van der Waals surface area contributed by atoms with E-state index in [9.17, 15) is 14.4 Å². The summed E-state index contributed by atoms with van der Waals surface area (Å²) in [6.45, 7) is 7.67. The highest BCUT2D eigenvalue weighted by Crippen LogP contribution is 2.23. The number of nitrogens with zero attached hydrogens (tertiary/aromatic N) is 3. The van der Waals surface area contributed by atoms with Gasteiger partial charge in [-0.2, -0.15) is 0 Å². The Morgan fingerprint density at radius 1 is 1.06 bits per heavy atom. The van der Waals surface area contributed by atoms with Crippen molar-refractivity contribution in [2.45, 2.75) is 39.7 Å². The van der Waals surface area contributed by atoms with E-state index in [0.29, 0.717) is 36.0 Å². The van der Waals surface area contributed by atoms with Crippen LogP contribution in [0.1, 0.15) is 30.4 Å². The zero-order valence-corrected chi connectivity index (χ0v) is 18.8. The summed E-state index contributed by atoms with van der Waals surface area (Å²) in [7, 11) is 0. The zero-order chi connectivity index (χ0) is 22.0. The number of carbonyl (C=O) groups is 1. The van der Waals surface area contributed by atoms with Crippen LogP contribution < -0.4 is 16.1 Å². The van der Waals surface area contributed by atoms with Crippen LogP contribution in [0.5, 0.6) is 0 Å². The summed E-state index contributed by atoms with van der Waals surface area (Å²) in [6.07, 6.45) is 1.72.